The number of benzene rings is 3. The Morgan fingerprint density at radius 2 is 1.71 bits per heavy atom. The molecule has 0 saturated carbocycles. The molecular weight excluding hydrogens is 452 g/mol. The summed E-state index contributed by atoms with van der Waals surface area (Å²) in [5.41, 5.74) is 3.30. The van der Waals surface area contributed by atoms with Crippen LogP contribution in [0, 0.1) is 0 Å². The van der Waals surface area contributed by atoms with E-state index in [0.29, 0.717) is 40.0 Å². The van der Waals surface area contributed by atoms with Crippen molar-refractivity contribution in [1.82, 2.24) is 10.6 Å². The number of nitrogens with one attached hydrogen (secondary N) is 2. The maximum atomic E-state index is 12.7. The lowest BCUT2D eigenvalue weighted by atomic mass is 9.90. The lowest BCUT2D eigenvalue weighted by Gasteiger charge is -2.30. The van der Waals surface area contributed by atoms with E-state index in [-0.39, 0.29) is 18.4 Å². The van der Waals surface area contributed by atoms with E-state index in [1.807, 2.05) is 67.6 Å². The van der Waals surface area contributed by atoms with Gasteiger partial charge in [0.1, 0.15) is 6.61 Å². The molecule has 4 rings (SSSR count). The van der Waals surface area contributed by atoms with Gasteiger partial charge < -0.3 is 20.1 Å². The first kappa shape index (κ1) is 23.4. The standard InChI is InChI=1S/C27H25ClN2O4/c1-3-33-23-15-19(13-14-22(23)34-16-20-11-7-8-12-21(20)28)26-24(17(2)31)25(29-27(32)30-26)18-9-5-4-6-10-18/h4-15,26H,3,16H2,1-2H3,(H2,29,30,32). The molecule has 1 unspecified atom stereocenters. The van der Waals surface area contributed by atoms with Gasteiger partial charge in [-0.05, 0) is 43.2 Å². The van der Waals surface area contributed by atoms with Crippen molar-refractivity contribution in [2.75, 3.05) is 6.61 Å². The van der Waals surface area contributed by atoms with Gasteiger partial charge in [-0.15, -0.1) is 0 Å². The summed E-state index contributed by atoms with van der Waals surface area (Å²) in [5, 5.41) is 6.30. The van der Waals surface area contributed by atoms with Gasteiger partial charge in [0.2, 0.25) is 0 Å². The van der Waals surface area contributed by atoms with Crippen molar-refractivity contribution in [2.24, 2.45) is 0 Å². The number of ether oxygens (including phenoxy) is 2. The summed E-state index contributed by atoms with van der Waals surface area (Å²) in [5.74, 6) is 0.916. The lowest BCUT2D eigenvalue weighted by Crippen LogP contribution is -2.44. The van der Waals surface area contributed by atoms with Crippen molar-refractivity contribution in [3.63, 3.8) is 0 Å². The molecular formula is C27H25ClN2O4. The van der Waals surface area contributed by atoms with Crippen LogP contribution in [0.4, 0.5) is 4.79 Å². The molecule has 6 nitrogen and oxygen atoms in total. The number of carbonyl (C=O) groups is 2. The van der Waals surface area contributed by atoms with Crippen LogP contribution < -0.4 is 20.1 Å². The van der Waals surface area contributed by atoms with Crippen molar-refractivity contribution in [1.29, 1.82) is 0 Å². The van der Waals surface area contributed by atoms with Crippen LogP contribution in [-0.4, -0.2) is 18.4 Å². The minimum Gasteiger partial charge on any atom is -0.490 e. The summed E-state index contributed by atoms with van der Waals surface area (Å²) >= 11 is 6.25. The second kappa shape index (κ2) is 10.4. The normalized spacial score (nSPS) is 15.4. The van der Waals surface area contributed by atoms with E-state index in [9.17, 15) is 9.59 Å². The highest BCUT2D eigenvalue weighted by Crippen LogP contribution is 2.37. The predicted octanol–water partition coefficient (Wildman–Crippen LogP) is 5.67. The number of hydrogen-bond donors (Lipinski definition) is 2. The molecule has 7 heteroatoms. The Balaban J connectivity index is 1.71. The zero-order valence-electron chi connectivity index (χ0n) is 18.9. The van der Waals surface area contributed by atoms with E-state index in [1.165, 1.54) is 6.92 Å². The molecule has 2 amide bonds. The number of ketones is 1. The molecule has 34 heavy (non-hydrogen) atoms. The second-order valence-corrected chi connectivity index (χ2v) is 8.17. The highest BCUT2D eigenvalue weighted by Gasteiger charge is 2.32. The number of rotatable bonds is 8. The van der Waals surface area contributed by atoms with Crippen molar-refractivity contribution < 1.29 is 19.1 Å². The van der Waals surface area contributed by atoms with Gasteiger partial charge in [-0.1, -0.05) is 66.2 Å². The molecule has 0 bridgehead atoms. The number of amides is 2. The Bertz CT molecular complexity index is 1240. The Morgan fingerprint density at radius 3 is 2.41 bits per heavy atom. The van der Waals surface area contributed by atoms with E-state index in [0.717, 1.165) is 11.1 Å². The molecule has 0 spiro atoms. The maximum absolute atomic E-state index is 12.7. The smallest absolute Gasteiger partial charge is 0.320 e. The van der Waals surface area contributed by atoms with Crippen molar-refractivity contribution in [2.45, 2.75) is 26.5 Å². The Kier molecular flexibility index (Phi) is 7.18. The SMILES string of the molecule is CCOc1cc(C2NC(=O)NC(c3ccccc3)=C2C(C)=O)ccc1OCc1ccccc1Cl. The maximum Gasteiger partial charge on any atom is 0.320 e. The zero-order valence-corrected chi connectivity index (χ0v) is 19.7. The Morgan fingerprint density at radius 1 is 0.971 bits per heavy atom. The molecule has 0 fully saturated rings. The fourth-order valence-corrected chi connectivity index (χ4v) is 4.08. The van der Waals surface area contributed by atoms with Gasteiger partial charge in [0, 0.05) is 16.2 Å². The van der Waals surface area contributed by atoms with Crippen LogP contribution in [0.2, 0.25) is 5.02 Å². The fraction of sp³-hybridized carbons (Fsp3) is 0.185. The molecule has 3 aromatic rings. The third kappa shape index (κ3) is 5.07. The first-order chi connectivity index (χ1) is 16.5. The van der Waals surface area contributed by atoms with Gasteiger partial charge in [0.05, 0.1) is 18.3 Å². The van der Waals surface area contributed by atoms with E-state index in [4.69, 9.17) is 21.1 Å². The predicted molar refractivity (Wildman–Crippen MR) is 132 cm³/mol. The van der Waals surface area contributed by atoms with E-state index >= 15 is 0 Å². The first-order valence-electron chi connectivity index (χ1n) is 11.0. The average Bonchev–Trinajstić information content (AvgIpc) is 2.84. The summed E-state index contributed by atoms with van der Waals surface area (Å²) in [6.07, 6.45) is 0. The number of halogens is 1. The van der Waals surface area contributed by atoms with E-state index < -0.39 is 6.04 Å². The molecule has 0 aliphatic carbocycles. The molecule has 1 aliphatic heterocycles. The molecule has 1 aliphatic rings. The minimum atomic E-state index is -0.640. The topological polar surface area (TPSA) is 76.7 Å². The number of carbonyl (C=O) groups excluding carboxylic acids is 2. The zero-order chi connectivity index (χ0) is 24.1. The second-order valence-electron chi connectivity index (χ2n) is 7.76. The number of hydrogen-bond acceptors (Lipinski definition) is 4. The van der Waals surface area contributed by atoms with Crippen LogP contribution in [0.15, 0.2) is 78.4 Å². The van der Waals surface area contributed by atoms with Crippen LogP contribution in [0.1, 0.15) is 36.6 Å². The molecule has 0 aromatic heterocycles. The molecule has 2 N–H and O–H groups in total. The highest BCUT2D eigenvalue weighted by atomic mass is 35.5. The summed E-state index contributed by atoms with van der Waals surface area (Å²) in [7, 11) is 0. The molecule has 1 heterocycles. The molecule has 174 valence electrons. The number of urea groups is 1. The van der Waals surface area contributed by atoms with Gasteiger partial charge in [-0.2, -0.15) is 0 Å². The number of Topliss-reactive ketones (excluding diaryl/α,β-unsaturated/α-hetero) is 1. The average molecular weight is 477 g/mol. The molecule has 0 saturated heterocycles. The van der Waals surface area contributed by atoms with Gasteiger partial charge in [0.25, 0.3) is 0 Å². The molecule has 0 radical (unpaired) electrons. The third-order valence-electron chi connectivity index (χ3n) is 5.46. The van der Waals surface area contributed by atoms with E-state index in [2.05, 4.69) is 10.6 Å². The van der Waals surface area contributed by atoms with Gasteiger partial charge in [-0.3, -0.25) is 4.79 Å². The highest BCUT2D eigenvalue weighted by molar-refractivity contribution is 6.31. The van der Waals surface area contributed by atoms with E-state index in [1.54, 1.807) is 12.1 Å². The molecule has 1 atom stereocenters. The van der Waals surface area contributed by atoms with Crippen LogP contribution in [0.25, 0.3) is 5.70 Å². The lowest BCUT2D eigenvalue weighted by molar-refractivity contribution is -0.113. The monoisotopic (exact) mass is 476 g/mol. The molecule has 3 aromatic carbocycles. The van der Waals surface area contributed by atoms with Crippen molar-refractivity contribution in [3.8, 4) is 11.5 Å². The van der Waals surface area contributed by atoms with Gasteiger partial charge in [-0.25, -0.2) is 4.79 Å². The van der Waals surface area contributed by atoms with Crippen LogP contribution in [0.5, 0.6) is 11.5 Å². The van der Waals surface area contributed by atoms with Crippen LogP contribution in [-0.2, 0) is 11.4 Å². The van der Waals surface area contributed by atoms with Gasteiger partial charge in [0.15, 0.2) is 17.3 Å². The van der Waals surface area contributed by atoms with Gasteiger partial charge >= 0.3 is 6.03 Å². The van der Waals surface area contributed by atoms with Crippen molar-refractivity contribution >= 4 is 29.1 Å². The summed E-state index contributed by atoms with van der Waals surface area (Å²) in [6.45, 7) is 4.08. The summed E-state index contributed by atoms with van der Waals surface area (Å²) in [4.78, 5) is 25.3. The van der Waals surface area contributed by atoms with Crippen LogP contribution >= 0.6 is 11.6 Å². The van der Waals surface area contributed by atoms with Crippen molar-refractivity contribution in [3.05, 3.63) is 100 Å². The third-order valence-corrected chi connectivity index (χ3v) is 5.82. The Labute approximate surface area is 203 Å². The summed E-state index contributed by atoms with van der Waals surface area (Å²) in [6, 6.07) is 21.2. The van der Waals surface area contributed by atoms with Crippen LogP contribution in [0.3, 0.4) is 0 Å². The first-order valence-corrected chi connectivity index (χ1v) is 11.4. The quantitative estimate of drug-likeness (QED) is 0.439. The Hall–Kier alpha value is -3.77. The fourth-order valence-electron chi connectivity index (χ4n) is 3.89. The summed E-state index contributed by atoms with van der Waals surface area (Å²) < 4.78 is 11.8. The largest absolute Gasteiger partial charge is 0.490 e. The minimum absolute atomic E-state index is 0.145.